The molecular formula is C28H28BrO3P. The summed E-state index contributed by atoms with van der Waals surface area (Å²) in [5.74, 6) is 2.61. The third-order valence-electron chi connectivity index (χ3n) is 5.75. The summed E-state index contributed by atoms with van der Waals surface area (Å²) in [6, 6.07) is 35.6. The zero-order chi connectivity index (χ0) is 22.4. The zero-order valence-corrected chi connectivity index (χ0v) is 21.6. The number of methoxy groups -OCH3 is 3. The maximum atomic E-state index is 5.93. The van der Waals surface area contributed by atoms with Crippen LogP contribution < -0.4 is 47.1 Å². The summed E-state index contributed by atoms with van der Waals surface area (Å²) in [4.78, 5) is 0. The van der Waals surface area contributed by atoms with Gasteiger partial charge in [-0.15, -0.1) is 0 Å². The van der Waals surface area contributed by atoms with Crippen molar-refractivity contribution < 1.29 is 31.2 Å². The SMILES string of the molecule is COc1ccccc1[P+](Cc1ccccc1)(c1ccccc1OC)c1ccccc1OC.[Br-]. The molecule has 0 bridgehead atoms. The molecule has 0 saturated heterocycles. The first kappa shape index (κ1) is 24.8. The van der Waals surface area contributed by atoms with Crippen LogP contribution in [-0.2, 0) is 6.16 Å². The first-order chi connectivity index (χ1) is 15.7. The molecule has 0 heterocycles. The first-order valence-electron chi connectivity index (χ1n) is 10.6. The molecule has 0 radical (unpaired) electrons. The summed E-state index contributed by atoms with van der Waals surface area (Å²) in [6.45, 7) is 0. The number of halogens is 1. The number of hydrogen-bond acceptors (Lipinski definition) is 3. The van der Waals surface area contributed by atoms with Crippen molar-refractivity contribution in [2.75, 3.05) is 21.3 Å². The Hall–Kier alpha value is -2.81. The van der Waals surface area contributed by atoms with Gasteiger partial charge >= 0.3 is 0 Å². The van der Waals surface area contributed by atoms with Gasteiger partial charge in [-0.2, -0.15) is 0 Å². The van der Waals surface area contributed by atoms with Gasteiger partial charge in [-0.05, 0) is 42.0 Å². The molecule has 0 amide bonds. The fourth-order valence-electron chi connectivity index (χ4n) is 4.34. The van der Waals surface area contributed by atoms with Gasteiger partial charge in [0.05, 0.1) is 27.5 Å². The number of ether oxygens (including phenoxy) is 3. The van der Waals surface area contributed by atoms with Crippen LogP contribution in [0.4, 0.5) is 0 Å². The van der Waals surface area contributed by atoms with Gasteiger partial charge in [-0.25, -0.2) is 0 Å². The predicted octanol–water partition coefficient (Wildman–Crippen LogP) is 2.21. The van der Waals surface area contributed by atoms with Gasteiger partial charge in [-0.1, -0.05) is 66.7 Å². The fraction of sp³-hybridized carbons (Fsp3) is 0.143. The van der Waals surface area contributed by atoms with E-state index < -0.39 is 7.26 Å². The summed E-state index contributed by atoms with van der Waals surface area (Å²) in [7, 11) is 2.90. The molecule has 0 fully saturated rings. The predicted molar refractivity (Wildman–Crippen MR) is 135 cm³/mol. The molecule has 4 rings (SSSR count). The Kier molecular flexibility index (Phi) is 8.55. The second-order valence-electron chi connectivity index (χ2n) is 7.47. The van der Waals surface area contributed by atoms with Crippen LogP contribution >= 0.6 is 7.26 Å². The lowest BCUT2D eigenvalue weighted by Crippen LogP contribution is -3.00. The molecule has 0 saturated carbocycles. The van der Waals surface area contributed by atoms with E-state index in [1.165, 1.54) is 21.5 Å². The zero-order valence-electron chi connectivity index (χ0n) is 19.1. The Bertz CT molecular complexity index is 1060. The highest BCUT2D eigenvalue weighted by atomic mass is 79.9. The average molecular weight is 523 g/mol. The Morgan fingerprint density at radius 3 is 1.18 bits per heavy atom. The molecule has 0 atom stereocenters. The van der Waals surface area contributed by atoms with Crippen molar-refractivity contribution in [1.29, 1.82) is 0 Å². The van der Waals surface area contributed by atoms with Crippen LogP contribution in [0.5, 0.6) is 17.2 Å². The van der Waals surface area contributed by atoms with Gasteiger partial charge in [0.1, 0.15) is 23.2 Å². The van der Waals surface area contributed by atoms with E-state index in [1.807, 2.05) is 36.4 Å². The van der Waals surface area contributed by atoms with Crippen LogP contribution in [-0.4, -0.2) is 21.3 Å². The van der Waals surface area contributed by atoms with E-state index >= 15 is 0 Å². The monoisotopic (exact) mass is 522 g/mol. The molecule has 33 heavy (non-hydrogen) atoms. The van der Waals surface area contributed by atoms with Crippen molar-refractivity contribution in [3.8, 4) is 17.2 Å². The molecule has 0 unspecified atom stereocenters. The van der Waals surface area contributed by atoms with Crippen LogP contribution in [0.1, 0.15) is 5.56 Å². The van der Waals surface area contributed by atoms with Crippen LogP contribution in [0.3, 0.4) is 0 Å². The highest BCUT2D eigenvalue weighted by Gasteiger charge is 2.51. The fourth-order valence-corrected chi connectivity index (χ4v) is 9.03. The maximum absolute atomic E-state index is 5.93. The Labute approximate surface area is 207 Å². The molecule has 4 aromatic carbocycles. The lowest BCUT2D eigenvalue weighted by molar-refractivity contribution is -0.00000721. The van der Waals surface area contributed by atoms with E-state index in [0.29, 0.717) is 0 Å². The number of rotatable bonds is 8. The maximum Gasteiger partial charge on any atom is 0.161 e. The van der Waals surface area contributed by atoms with Crippen molar-refractivity contribution in [3.63, 3.8) is 0 Å². The van der Waals surface area contributed by atoms with Crippen molar-refractivity contribution in [3.05, 3.63) is 109 Å². The van der Waals surface area contributed by atoms with Gasteiger partial charge in [0.15, 0.2) is 17.2 Å². The normalized spacial score (nSPS) is 10.8. The van der Waals surface area contributed by atoms with E-state index in [2.05, 4.69) is 66.7 Å². The molecule has 170 valence electrons. The molecule has 0 spiro atoms. The number of benzene rings is 4. The lowest BCUT2D eigenvalue weighted by Gasteiger charge is -2.30. The molecule has 0 N–H and O–H groups in total. The van der Waals surface area contributed by atoms with Gasteiger partial charge in [-0.3, -0.25) is 0 Å². The Balaban J connectivity index is 0.00000306. The molecule has 3 nitrogen and oxygen atoms in total. The van der Waals surface area contributed by atoms with Gasteiger partial charge in [0, 0.05) is 0 Å². The van der Waals surface area contributed by atoms with Crippen LogP contribution in [0.15, 0.2) is 103 Å². The van der Waals surface area contributed by atoms with Crippen molar-refractivity contribution in [2.45, 2.75) is 6.16 Å². The molecule has 0 aliphatic carbocycles. The third kappa shape index (κ3) is 4.78. The molecule has 4 aromatic rings. The van der Waals surface area contributed by atoms with E-state index in [0.717, 1.165) is 23.4 Å². The lowest BCUT2D eigenvalue weighted by atomic mass is 10.2. The van der Waals surface area contributed by atoms with Crippen molar-refractivity contribution in [1.82, 2.24) is 0 Å². The van der Waals surface area contributed by atoms with Crippen LogP contribution in [0.25, 0.3) is 0 Å². The smallest absolute Gasteiger partial charge is 0.161 e. The van der Waals surface area contributed by atoms with E-state index in [9.17, 15) is 0 Å². The molecular weight excluding hydrogens is 495 g/mol. The summed E-state index contributed by atoms with van der Waals surface area (Å²) in [5.41, 5.74) is 1.25. The number of hydrogen-bond donors (Lipinski definition) is 0. The van der Waals surface area contributed by atoms with Crippen molar-refractivity contribution >= 4 is 23.2 Å². The second-order valence-corrected chi connectivity index (χ2v) is 10.9. The Morgan fingerprint density at radius 1 is 0.485 bits per heavy atom. The Morgan fingerprint density at radius 2 is 0.818 bits per heavy atom. The summed E-state index contributed by atoms with van der Waals surface area (Å²) >= 11 is 0. The first-order valence-corrected chi connectivity index (χ1v) is 12.5. The standard InChI is InChI=1S/C28H28O3P.BrH/c1-29-23-15-7-10-18-26(23)32(21-22-13-5-4-6-14-22,27-19-11-8-16-24(27)30-2)28-20-12-9-17-25(28)31-3;/h4-20H,21H2,1-3H3;1H/q+1;/p-1. The molecule has 0 aliphatic rings. The minimum atomic E-state index is -2.31. The largest absolute Gasteiger partial charge is 1.00 e. The van der Waals surface area contributed by atoms with E-state index in [4.69, 9.17) is 14.2 Å². The summed E-state index contributed by atoms with van der Waals surface area (Å²) < 4.78 is 17.8. The quantitative estimate of drug-likeness (QED) is 0.332. The molecule has 0 aromatic heterocycles. The highest BCUT2D eigenvalue weighted by molar-refractivity contribution is 7.95. The van der Waals surface area contributed by atoms with E-state index in [-0.39, 0.29) is 17.0 Å². The topological polar surface area (TPSA) is 27.7 Å². The van der Waals surface area contributed by atoms with Crippen LogP contribution in [0.2, 0.25) is 0 Å². The average Bonchev–Trinajstić information content (AvgIpc) is 2.88. The third-order valence-corrected chi connectivity index (χ3v) is 10.2. The van der Waals surface area contributed by atoms with Gasteiger partial charge < -0.3 is 31.2 Å². The highest BCUT2D eigenvalue weighted by Crippen LogP contribution is 2.62. The minimum Gasteiger partial charge on any atom is -1.00 e. The van der Waals surface area contributed by atoms with Gasteiger partial charge in [0.25, 0.3) is 0 Å². The van der Waals surface area contributed by atoms with Crippen molar-refractivity contribution in [2.24, 2.45) is 0 Å². The van der Waals surface area contributed by atoms with Crippen LogP contribution in [0, 0.1) is 0 Å². The molecule has 0 aliphatic heterocycles. The summed E-state index contributed by atoms with van der Waals surface area (Å²) in [5, 5.41) is 3.50. The van der Waals surface area contributed by atoms with Gasteiger partial charge in [0.2, 0.25) is 0 Å². The summed E-state index contributed by atoms with van der Waals surface area (Å²) in [6.07, 6.45) is 0.814. The van der Waals surface area contributed by atoms with E-state index in [1.54, 1.807) is 21.3 Å². The second kappa shape index (κ2) is 11.4. The molecule has 5 heteroatoms. The minimum absolute atomic E-state index is 0. The number of para-hydroxylation sites is 3.